The zero-order valence-electron chi connectivity index (χ0n) is 19.2. The molecule has 1 aromatic heterocycles. The molecule has 3 aromatic carbocycles. The van der Waals surface area contributed by atoms with Crippen LogP contribution >= 0.6 is 0 Å². The molecule has 34 heavy (non-hydrogen) atoms. The zero-order valence-corrected chi connectivity index (χ0v) is 19.2. The molecule has 0 aliphatic carbocycles. The molecule has 0 radical (unpaired) electrons. The molecule has 2 amide bonds. The Balaban J connectivity index is 1.21. The molecule has 0 atom stereocenters. The van der Waals surface area contributed by atoms with E-state index in [2.05, 4.69) is 25.8 Å². The molecule has 0 saturated carbocycles. The van der Waals surface area contributed by atoms with E-state index in [4.69, 9.17) is 4.98 Å². The van der Waals surface area contributed by atoms with Crippen LogP contribution in [-0.2, 0) is 0 Å². The van der Waals surface area contributed by atoms with Crippen molar-refractivity contribution in [1.82, 2.24) is 9.97 Å². The molecule has 3 N–H and O–H groups in total. The van der Waals surface area contributed by atoms with Crippen LogP contribution in [0.1, 0.15) is 25.0 Å². The predicted octanol–water partition coefficient (Wildman–Crippen LogP) is 6.32. The number of aromatic nitrogens is 2. The second-order valence-corrected chi connectivity index (χ2v) is 8.59. The molecule has 0 bridgehead atoms. The molecule has 7 heteroatoms. The Morgan fingerprint density at radius 1 is 0.765 bits per heavy atom. The molecular formula is C27H28N6O. The number of rotatable bonds is 5. The minimum Gasteiger partial charge on any atom is -0.341 e. The molecule has 1 aliphatic heterocycles. The van der Waals surface area contributed by atoms with E-state index in [0.717, 1.165) is 52.7 Å². The van der Waals surface area contributed by atoms with Gasteiger partial charge in [-0.3, -0.25) is 0 Å². The summed E-state index contributed by atoms with van der Waals surface area (Å²) >= 11 is 0. The van der Waals surface area contributed by atoms with Gasteiger partial charge >= 0.3 is 6.03 Å². The lowest BCUT2D eigenvalue weighted by molar-refractivity contribution is 0.262. The molecule has 0 spiro atoms. The van der Waals surface area contributed by atoms with Gasteiger partial charge in [0.1, 0.15) is 5.82 Å². The Morgan fingerprint density at radius 2 is 1.44 bits per heavy atom. The highest BCUT2D eigenvalue weighted by molar-refractivity contribution is 6.01. The highest BCUT2D eigenvalue weighted by atomic mass is 16.2. The maximum Gasteiger partial charge on any atom is 0.323 e. The summed E-state index contributed by atoms with van der Waals surface area (Å²) in [5, 5.41) is 11.3. The lowest BCUT2D eigenvalue weighted by Crippen LogP contribution is -2.31. The number of amides is 2. The van der Waals surface area contributed by atoms with Crippen LogP contribution in [-0.4, -0.2) is 29.1 Å². The van der Waals surface area contributed by atoms with Gasteiger partial charge in [0.2, 0.25) is 5.95 Å². The normalized spacial score (nSPS) is 13.5. The zero-order chi connectivity index (χ0) is 23.3. The van der Waals surface area contributed by atoms with Crippen molar-refractivity contribution in [3.63, 3.8) is 0 Å². The topological polar surface area (TPSA) is 82.2 Å². The minimum atomic E-state index is -0.284. The Morgan fingerprint density at radius 3 is 2.24 bits per heavy atom. The number of hydrogen-bond donors (Lipinski definition) is 3. The number of fused-ring (bicyclic) bond motifs is 1. The first-order valence-electron chi connectivity index (χ1n) is 11.7. The number of hydrogen-bond acceptors (Lipinski definition) is 5. The largest absolute Gasteiger partial charge is 0.341 e. The summed E-state index contributed by atoms with van der Waals surface area (Å²) in [7, 11) is 0. The lowest BCUT2D eigenvalue weighted by Gasteiger charge is -2.27. The quantitative estimate of drug-likeness (QED) is 0.330. The molecule has 1 saturated heterocycles. The SMILES string of the molecule is Cc1cc(Nc2ccc(NC(=O)Nc3ccc4ccccc4c3)cc2)nc(N2CCCCC2)n1. The van der Waals surface area contributed by atoms with Crippen molar-refractivity contribution in [2.45, 2.75) is 26.2 Å². The summed E-state index contributed by atoms with van der Waals surface area (Å²) in [5.41, 5.74) is 3.28. The molecule has 5 rings (SSSR count). The van der Waals surface area contributed by atoms with Gasteiger partial charge in [0.15, 0.2) is 0 Å². The first-order valence-corrected chi connectivity index (χ1v) is 11.7. The number of carbonyl (C=O) groups excluding carboxylic acids is 1. The molecule has 2 heterocycles. The fraction of sp³-hybridized carbons (Fsp3) is 0.222. The summed E-state index contributed by atoms with van der Waals surface area (Å²) in [6.45, 7) is 4.00. The van der Waals surface area contributed by atoms with Gasteiger partial charge in [0, 0.05) is 41.9 Å². The summed E-state index contributed by atoms with van der Waals surface area (Å²) in [4.78, 5) is 24.0. The smallest absolute Gasteiger partial charge is 0.323 e. The van der Waals surface area contributed by atoms with Crippen LogP contribution in [0.5, 0.6) is 0 Å². The molecule has 0 unspecified atom stereocenters. The second kappa shape index (κ2) is 9.79. The Kier molecular flexibility index (Phi) is 6.25. The van der Waals surface area contributed by atoms with E-state index in [0.29, 0.717) is 5.69 Å². The summed E-state index contributed by atoms with van der Waals surface area (Å²) in [6, 6.07) is 23.1. The molecule has 1 fully saturated rings. The number of nitrogens with zero attached hydrogens (tertiary/aromatic N) is 3. The molecule has 172 valence electrons. The highest BCUT2D eigenvalue weighted by Crippen LogP contribution is 2.23. The van der Waals surface area contributed by atoms with E-state index in [1.165, 1.54) is 19.3 Å². The third-order valence-corrected chi connectivity index (χ3v) is 5.90. The van der Waals surface area contributed by atoms with Gasteiger partial charge in [-0.2, -0.15) is 4.98 Å². The van der Waals surface area contributed by atoms with E-state index in [1.807, 2.05) is 79.7 Å². The van der Waals surface area contributed by atoms with Crippen LogP contribution in [0.25, 0.3) is 10.8 Å². The van der Waals surface area contributed by atoms with Crippen molar-refractivity contribution < 1.29 is 4.79 Å². The van der Waals surface area contributed by atoms with Crippen LogP contribution in [0, 0.1) is 6.92 Å². The van der Waals surface area contributed by atoms with Crippen LogP contribution in [0.4, 0.5) is 33.6 Å². The fourth-order valence-corrected chi connectivity index (χ4v) is 4.20. The van der Waals surface area contributed by atoms with Gasteiger partial charge in [-0.15, -0.1) is 0 Å². The van der Waals surface area contributed by atoms with Crippen molar-refractivity contribution in [3.05, 3.63) is 78.5 Å². The Bertz CT molecular complexity index is 1300. The van der Waals surface area contributed by atoms with E-state index >= 15 is 0 Å². The van der Waals surface area contributed by atoms with Gasteiger partial charge in [0.05, 0.1) is 0 Å². The van der Waals surface area contributed by atoms with Crippen LogP contribution in [0.3, 0.4) is 0 Å². The van der Waals surface area contributed by atoms with Crippen molar-refractivity contribution in [3.8, 4) is 0 Å². The van der Waals surface area contributed by atoms with Gasteiger partial charge < -0.3 is 20.9 Å². The van der Waals surface area contributed by atoms with Gasteiger partial charge in [-0.05, 0) is 73.4 Å². The van der Waals surface area contributed by atoms with E-state index in [1.54, 1.807) is 0 Å². The van der Waals surface area contributed by atoms with Gasteiger partial charge in [-0.1, -0.05) is 30.3 Å². The summed E-state index contributed by atoms with van der Waals surface area (Å²) in [5.74, 6) is 1.55. The van der Waals surface area contributed by atoms with Crippen molar-refractivity contribution in [1.29, 1.82) is 0 Å². The molecule has 1 aliphatic rings. The van der Waals surface area contributed by atoms with Crippen molar-refractivity contribution in [2.75, 3.05) is 33.9 Å². The monoisotopic (exact) mass is 452 g/mol. The highest BCUT2D eigenvalue weighted by Gasteiger charge is 2.14. The fourth-order valence-electron chi connectivity index (χ4n) is 4.20. The molecule has 7 nitrogen and oxygen atoms in total. The Hall–Kier alpha value is -4.13. The first-order chi connectivity index (χ1) is 16.6. The van der Waals surface area contributed by atoms with Crippen LogP contribution < -0.4 is 20.9 Å². The lowest BCUT2D eigenvalue weighted by atomic mass is 10.1. The number of piperidine rings is 1. The average molecular weight is 453 g/mol. The standard InChI is InChI=1S/C27H28N6O/c1-19-17-25(32-26(28-19)33-15-5-2-6-16-33)29-22-11-13-23(14-12-22)30-27(34)31-24-10-9-20-7-3-4-8-21(20)18-24/h3-4,7-14,17-18H,2,5-6,15-16H2,1H3,(H,28,29,32)(H2,30,31,34). The maximum absolute atomic E-state index is 12.5. The third-order valence-electron chi connectivity index (χ3n) is 5.90. The molecule has 4 aromatic rings. The maximum atomic E-state index is 12.5. The second-order valence-electron chi connectivity index (χ2n) is 8.59. The number of benzene rings is 3. The van der Waals surface area contributed by atoms with Crippen LogP contribution in [0.2, 0.25) is 0 Å². The number of urea groups is 1. The van der Waals surface area contributed by atoms with Gasteiger partial charge in [0.25, 0.3) is 0 Å². The third kappa shape index (κ3) is 5.26. The average Bonchev–Trinajstić information content (AvgIpc) is 2.85. The number of nitrogens with one attached hydrogen (secondary N) is 3. The summed E-state index contributed by atoms with van der Waals surface area (Å²) < 4.78 is 0. The van der Waals surface area contributed by atoms with E-state index in [-0.39, 0.29) is 6.03 Å². The number of anilines is 5. The summed E-state index contributed by atoms with van der Waals surface area (Å²) in [6.07, 6.45) is 3.64. The van der Waals surface area contributed by atoms with Crippen molar-refractivity contribution in [2.24, 2.45) is 0 Å². The Labute approximate surface area is 199 Å². The number of carbonyl (C=O) groups is 1. The van der Waals surface area contributed by atoms with E-state index in [9.17, 15) is 4.79 Å². The van der Waals surface area contributed by atoms with Crippen molar-refractivity contribution >= 4 is 45.6 Å². The molecular weight excluding hydrogens is 424 g/mol. The van der Waals surface area contributed by atoms with Crippen LogP contribution in [0.15, 0.2) is 72.8 Å². The first kappa shape index (κ1) is 21.7. The predicted molar refractivity (Wildman–Crippen MR) is 139 cm³/mol. The van der Waals surface area contributed by atoms with E-state index < -0.39 is 0 Å². The number of aryl methyl sites for hydroxylation is 1. The van der Waals surface area contributed by atoms with Gasteiger partial charge in [-0.25, -0.2) is 9.78 Å². The minimum absolute atomic E-state index is 0.284.